The van der Waals surface area contributed by atoms with Crippen molar-refractivity contribution in [3.63, 3.8) is 0 Å². The number of hydrogen-bond acceptors (Lipinski definition) is 4. The van der Waals surface area contributed by atoms with E-state index in [2.05, 4.69) is 6.07 Å². The molecule has 2 rings (SSSR count). The van der Waals surface area contributed by atoms with Crippen LogP contribution in [0.3, 0.4) is 0 Å². The molecule has 2 aromatic carbocycles. The van der Waals surface area contributed by atoms with Gasteiger partial charge in [0, 0.05) is 19.7 Å². The zero-order chi connectivity index (χ0) is 16.7. The van der Waals surface area contributed by atoms with Gasteiger partial charge in [-0.2, -0.15) is 5.26 Å². The molecule has 0 bridgehead atoms. The molecule has 0 saturated heterocycles. The van der Waals surface area contributed by atoms with E-state index in [0.29, 0.717) is 30.3 Å². The molecule has 0 saturated carbocycles. The molecule has 0 unspecified atom stereocenters. The molecule has 0 heterocycles. The second-order valence-electron chi connectivity index (χ2n) is 4.91. The molecule has 0 atom stereocenters. The predicted octanol–water partition coefficient (Wildman–Crippen LogP) is 3.00. The first-order valence-electron chi connectivity index (χ1n) is 7.20. The molecule has 23 heavy (non-hydrogen) atoms. The summed E-state index contributed by atoms with van der Waals surface area (Å²) in [6, 6.07) is 16.3. The van der Waals surface area contributed by atoms with Crippen molar-refractivity contribution in [2.45, 2.75) is 6.92 Å². The Kier molecular flexibility index (Phi) is 5.59. The number of ether oxygens (including phenoxy) is 2. The summed E-state index contributed by atoms with van der Waals surface area (Å²) < 4.78 is 11.1. The molecule has 0 aliphatic carbocycles. The first kappa shape index (κ1) is 16.4. The molecule has 118 valence electrons. The minimum Gasteiger partial charge on any atom is -0.490 e. The summed E-state index contributed by atoms with van der Waals surface area (Å²) in [4.78, 5) is 12.8. The SMILES string of the molecule is CC(=O)N(C)c1ccc(OCCOc2cccc(C#N)c2)cc1. The van der Waals surface area contributed by atoms with Gasteiger partial charge < -0.3 is 14.4 Å². The van der Waals surface area contributed by atoms with E-state index in [1.54, 1.807) is 36.2 Å². The first-order chi connectivity index (χ1) is 11.1. The summed E-state index contributed by atoms with van der Waals surface area (Å²) in [5.74, 6) is 1.33. The number of nitrogens with zero attached hydrogens (tertiary/aromatic N) is 2. The van der Waals surface area contributed by atoms with Crippen LogP contribution < -0.4 is 14.4 Å². The number of benzene rings is 2. The van der Waals surface area contributed by atoms with Crippen molar-refractivity contribution in [2.75, 3.05) is 25.2 Å². The Balaban J connectivity index is 1.80. The zero-order valence-corrected chi connectivity index (χ0v) is 13.2. The third-order valence-corrected chi connectivity index (χ3v) is 3.28. The third-order valence-electron chi connectivity index (χ3n) is 3.28. The predicted molar refractivity (Wildman–Crippen MR) is 87.7 cm³/mol. The van der Waals surface area contributed by atoms with Gasteiger partial charge in [-0.3, -0.25) is 4.79 Å². The molecule has 0 aliphatic rings. The van der Waals surface area contributed by atoms with Gasteiger partial charge in [0.05, 0.1) is 11.6 Å². The van der Waals surface area contributed by atoms with Crippen molar-refractivity contribution < 1.29 is 14.3 Å². The fourth-order valence-electron chi connectivity index (χ4n) is 1.92. The topological polar surface area (TPSA) is 62.6 Å². The maximum atomic E-state index is 11.3. The summed E-state index contributed by atoms with van der Waals surface area (Å²) in [7, 11) is 1.72. The molecular weight excluding hydrogens is 292 g/mol. The van der Waals surface area contributed by atoms with Crippen LogP contribution in [0.4, 0.5) is 5.69 Å². The fourth-order valence-corrected chi connectivity index (χ4v) is 1.92. The highest BCUT2D eigenvalue weighted by molar-refractivity contribution is 5.90. The molecule has 0 fully saturated rings. The minimum absolute atomic E-state index is 0.0216. The van der Waals surface area contributed by atoms with Crippen molar-refractivity contribution in [3.8, 4) is 17.6 Å². The molecule has 0 radical (unpaired) electrons. The summed E-state index contributed by atoms with van der Waals surface area (Å²) in [5, 5.41) is 8.82. The van der Waals surface area contributed by atoms with E-state index < -0.39 is 0 Å². The van der Waals surface area contributed by atoms with Crippen LogP contribution in [0.25, 0.3) is 0 Å². The Morgan fingerprint density at radius 3 is 2.35 bits per heavy atom. The van der Waals surface area contributed by atoms with Crippen LogP contribution in [-0.4, -0.2) is 26.2 Å². The molecule has 0 N–H and O–H groups in total. The monoisotopic (exact) mass is 310 g/mol. The maximum absolute atomic E-state index is 11.3. The largest absolute Gasteiger partial charge is 0.490 e. The lowest BCUT2D eigenvalue weighted by Crippen LogP contribution is -2.22. The molecule has 1 amide bonds. The van der Waals surface area contributed by atoms with Crippen LogP contribution in [0.2, 0.25) is 0 Å². The van der Waals surface area contributed by atoms with Gasteiger partial charge in [-0.1, -0.05) is 6.07 Å². The van der Waals surface area contributed by atoms with Crippen LogP contribution in [-0.2, 0) is 4.79 Å². The molecule has 0 spiro atoms. The van der Waals surface area contributed by atoms with E-state index in [0.717, 1.165) is 5.69 Å². The van der Waals surface area contributed by atoms with Crippen LogP contribution in [0.15, 0.2) is 48.5 Å². The summed E-state index contributed by atoms with van der Waals surface area (Å²) in [5.41, 5.74) is 1.38. The number of nitriles is 1. The smallest absolute Gasteiger partial charge is 0.223 e. The number of rotatable bonds is 6. The van der Waals surface area contributed by atoms with Crippen LogP contribution >= 0.6 is 0 Å². The number of carbonyl (C=O) groups excluding carboxylic acids is 1. The highest BCUT2D eigenvalue weighted by atomic mass is 16.5. The first-order valence-corrected chi connectivity index (χ1v) is 7.20. The van der Waals surface area contributed by atoms with Crippen molar-refractivity contribution >= 4 is 11.6 Å². The van der Waals surface area contributed by atoms with E-state index in [4.69, 9.17) is 14.7 Å². The van der Waals surface area contributed by atoms with Crippen LogP contribution in [0.1, 0.15) is 12.5 Å². The molecule has 2 aromatic rings. The van der Waals surface area contributed by atoms with Crippen molar-refractivity contribution in [3.05, 3.63) is 54.1 Å². The molecule has 5 nitrogen and oxygen atoms in total. The lowest BCUT2D eigenvalue weighted by atomic mass is 10.2. The molecule has 0 aromatic heterocycles. The van der Waals surface area contributed by atoms with Crippen molar-refractivity contribution in [1.29, 1.82) is 5.26 Å². The number of carbonyl (C=O) groups is 1. The summed E-state index contributed by atoms with van der Waals surface area (Å²) in [6.07, 6.45) is 0. The zero-order valence-electron chi connectivity index (χ0n) is 13.2. The fraction of sp³-hybridized carbons (Fsp3) is 0.222. The summed E-state index contributed by atoms with van der Waals surface area (Å²) in [6.45, 7) is 2.28. The van der Waals surface area contributed by atoms with Gasteiger partial charge in [0.25, 0.3) is 0 Å². The van der Waals surface area contributed by atoms with Gasteiger partial charge in [0.15, 0.2) is 0 Å². The van der Waals surface area contributed by atoms with E-state index in [1.165, 1.54) is 6.92 Å². The van der Waals surface area contributed by atoms with E-state index >= 15 is 0 Å². The highest BCUT2D eigenvalue weighted by Crippen LogP contribution is 2.18. The second-order valence-corrected chi connectivity index (χ2v) is 4.91. The average molecular weight is 310 g/mol. The number of anilines is 1. The van der Waals surface area contributed by atoms with Crippen LogP contribution in [0, 0.1) is 11.3 Å². The van der Waals surface area contributed by atoms with Gasteiger partial charge >= 0.3 is 0 Å². The average Bonchev–Trinajstić information content (AvgIpc) is 2.58. The quantitative estimate of drug-likeness (QED) is 0.769. The van der Waals surface area contributed by atoms with Crippen molar-refractivity contribution in [1.82, 2.24) is 0 Å². The third kappa shape index (κ3) is 4.75. The number of hydrogen-bond donors (Lipinski definition) is 0. The number of amides is 1. The molecule has 5 heteroatoms. The maximum Gasteiger partial charge on any atom is 0.223 e. The van der Waals surface area contributed by atoms with E-state index in [9.17, 15) is 4.79 Å². The summed E-state index contributed by atoms with van der Waals surface area (Å²) >= 11 is 0. The molecule has 0 aliphatic heterocycles. The van der Waals surface area contributed by atoms with E-state index in [-0.39, 0.29) is 5.91 Å². The second kappa shape index (κ2) is 7.85. The normalized spacial score (nSPS) is 9.78. The Labute approximate surface area is 135 Å². The Morgan fingerprint density at radius 1 is 1.09 bits per heavy atom. The van der Waals surface area contributed by atoms with Gasteiger partial charge in [-0.05, 0) is 42.5 Å². The van der Waals surface area contributed by atoms with E-state index in [1.807, 2.05) is 24.3 Å². The Hall–Kier alpha value is -3.00. The highest BCUT2D eigenvalue weighted by Gasteiger charge is 2.05. The van der Waals surface area contributed by atoms with Gasteiger partial charge in [0.1, 0.15) is 24.7 Å². The van der Waals surface area contributed by atoms with Crippen molar-refractivity contribution in [2.24, 2.45) is 0 Å². The lowest BCUT2D eigenvalue weighted by molar-refractivity contribution is -0.116. The Morgan fingerprint density at radius 2 is 1.74 bits per heavy atom. The Bertz CT molecular complexity index is 705. The van der Waals surface area contributed by atoms with Gasteiger partial charge in [-0.15, -0.1) is 0 Å². The van der Waals surface area contributed by atoms with Gasteiger partial charge in [-0.25, -0.2) is 0 Å². The van der Waals surface area contributed by atoms with Crippen LogP contribution in [0.5, 0.6) is 11.5 Å². The molecular formula is C18H18N2O3. The minimum atomic E-state index is -0.0216. The van der Waals surface area contributed by atoms with Gasteiger partial charge in [0.2, 0.25) is 5.91 Å². The lowest BCUT2D eigenvalue weighted by Gasteiger charge is -2.15. The standard InChI is InChI=1S/C18H18N2O3/c1-14(21)20(2)16-6-8-17(9-7-16)22-10-11-23-18-5-3-4-15(12-18)13-19/h3-9,12H,10-11H2,1-2H3.